The van der Waals surface area contributed by atoms with Gasteiger partial charge in [-0.25, -0.2) is 4.79 Å². The van der Waals surface area contributed by atoms with E-state index in [1.54, 1.807) is 23.9 Å². The highest BCUT2D eigenvalue weighted by molar-refractivity contribution is 5.90. The van der Waals surface area contributed by atoms with Gasteiger partial charge in [0.2, 0.25) is 0 Å². The molecule has 0 bridgehead atoms. The second-order valence-corrected chi connectivity index (χ2v) is 4.24. The number of hydrogen-bond donors (Lipinski definition) is 1. The van der Waals surface area contributed by atoms with Gasteiger partial charge in [-0.2, -0.15) is 5.10 Å². The molecule has 0 aliphatic heterocycles. The molecule has 19 heavy (non-hydrogen) atoms. The van der Waals surface area contributed by atoms with Crippen LogP contribution in [0.3, 0.4) is 0 Å². The second kappa shape index (κ2) is 5.14. The van der Waals surface area contributed by atoms with Crippen LogP contribution in [-0.4, -0.2) is 28.0 Å². The van der Waals surface area contributed by atoms with Gasteiger partial charge in [-0.1, -0.05) is 6.92 Å². The molecule has 0 amide bonds. The normalized spacial score (nSPS) is 10.5. The quantitative estimate of drug-likeness (QED) is 0.916. The number of hydrogen-bond acceptors (Lipinski definition) is 3. The van der Waals surface area contributed by atoms with Gasteiger partial charge >= 0.3 is 5.97 Å². The summed E-state index contributed by atoms with van der Waals surface area (Å²) in [5, 5.41) is 13.5. The molecule has 100 valence electrons. The highest BCUT2D eigenvalue weighted by Gasteiger charge is 2.15. The molecular formula is C14H16N2O3. The van der Waals surface area contributed by atoms with Gasteiger partial charge in [-0.15, -0.1) is 0 Å². The lowest BCUT2D eigenvalue weighted by molar-refractivity contribution is 0.0697. The first kappa shape index (κ1) is 13.1. The summed E-state index contributed by atoms with van der Waals surface area (Å²) < 4.78 is 7.04. The summed E-state index contributed by atoms with van der Waals surface area (Å²) in [4.78, 5) is 11.1. The minimum absolute atomic E-state index is 0.238. The molecule has 0 spiro atoms. The molecule has 2 rings (SSSR count). The first-order valence-electron chi connectivity index (χ1n) is 6.01. The lowest BCUT2D eigenvalue weighted by atomic mass is 10.0. The first-order valence-corrected chi connectivity index (χ1v) is 6.01. The number of ether oxygens (including phenoxy) is 1. The Morgan fingerprint density at radius 2 is 2.16 bits per heavy atom. The van der Waals surface area contributed by atoms with Crippen molar-refractivity contribution in [3.05, 3.63) is 35.7 Å². The molecule has 0 atom stereocenters. The molecule has 0 saturated heterocycles. The number of carbonyl (C=O) groups is 1. The van der Waals surface area contributed by atoms with Crippen molar-refractivity contribution in [1.82, 2.24) is 9.78 Å². The molecule has 0 aliphatic carbocycles. The SMILES string of the molecule is CCc1nn(C)cc1-c1cc(C(=O)O)ccc1OC. The smallest absolute Gasteiger partial charge is 0.335 e. The number of rotatable bonds is 4. The van der Waals surface area contributed by atoms with Gasteiger partial charge in [0.1, 0.15) is 5.75 Å². The monoisotopic (exact) mass is 260 g/mol. The van der Waals surface area contributed by atoms with Crippen LogP contribution in [0.1, 0.15) is 23.0 Å². The van der Waals surface area contributed by atoms with Crippen molar-refractivity contribution < 1.29 is 14.6 Å². The van der Waals surface area contributed by atoms with Crippen molar-refractivity contribution in [2.24, 2.45) is 7.05 Å². The fourth-order valence-corrected chi connectivity index (χ4v) is 2.07. The van der Waals surface area contributed by atoms with E-state index in [0.717, 1.165) is 23.2 Å². The molecule has 0 aliphatic rings. The van der Waals surface area contributed by atoms with Gasteiger partial charge in [0.25, 0.3) is 0 Å². The number of aromatic carboxylic acids is 1. The van der Waals surface area contributed by atoms with Crippen LogP contribution in [0.5, 0.6) is 5.75 Å². The maximum Gasteiger partial charge on any atom is 0.335 e. The number of methoxy groups -OCH3 is 1. The minimum Gasteiger partial charge on any atom is -0.496 e. The van der Waals surface area contributed by atoms with Crippen molar-refractivity contribution >= 4 is 5.97 Å². The minimum atomic E-state index is -0.953. The molecule has 2 aromatic rings. The van der Waals surface area contributed by atoms with Gasteiger partial charge in [0, 0.05) is 24.4 Å². The first-order chi connectivity index (χ1) is 9.06. The van der Waals surface area contributed by atoms with E-state index >= 15 is 0 Å². The van der Waals surface area contributed by atoms with Crippen LogP contribution in [0.4, 0.5) is 0 Å². The number of benzene rings is 1. The average molecular weight is 260 g/mol. The number of aromatic nitrogens is 2. The topological polar surface area (TPSA) is 64.4 Å². The highest BCUT2D eigenvalue weighted by atomic mass is 16.5. The number of aryl methyl sites for hydroxylation is 2. The lowest BCUT2D eigenvalue weighted by Crippen LogP contribution is -1.98. The zero-order valence-electron chi connectivity index (χ0n) is 11.2. The van der Waals surface area contributed by atoms with Crippen molar-refractivity contribution in [2.45, 2.75) is 13.3 Å². The Labute approximate surface area is 111 Å². The molecular weight excluding hydrogens is 244 g/mol. The van der Waals surface area contributed by atoms with E-state index in [0.29, 0.717) is 5.75 Å². The Morgan fingerprint density at radius 1 is 1.42 bits per heavy atom. The van der Waals surface area contributed by atoms with E-state index in [-0.39, 0.29) is 5.56 Å². The molecule has 1 aromatic heterocycles. The Hall–Kier alpha value is -2.30. The van der Waals surface area contributed by atoms with Crippen LogP contribution >= 0.6 is 0 Å². The largest absolute Gasteiger partial charge is 0.496 e. The maximum atomic E-state index is 11.1. The molecule has 0 unspecified atom stereocenters. The number of carboxylic acids is 1. The van der Waals surface area contributed by atoms with E-state index in [4.69, 9.17) is 9.84 Å². The third-order valence-corrected chi connectivity index (χ3v) is 2.98. The van der Waals surface area contributed by atoms with Crippen LogP contribution < -0.4 is 4.74 Å². The molecule has 1 aromatic carbocycles. The van der Waals surface area contributed by atoms with Gasteiger partial charge in [-0.3, -0.25) is 4.68 Å². The van der Waals surface area contributed by atoms with Crippen LogP contribution in [-0.2, 0) is 13.5 Å². The van der Waals surface area contributed by atoms with Gasteiger partial charge in [-0.05, 0) is 24.6 Å². The molecule has 0 saturated carbocycles. The standard InChI is InChI=1S/C14H16N2O3/c1-4-12-11(8-16(2)15-12)10-7-9(14(17)18)5-6-13(10)19-3/h5-8H,4H2,1-3H3,(H,17,18). The Morgan fingerprint density at radius 3 is 2.74 bits per heavy atom. The summed E-state index contributed by atoms with van der Waals surface area (Å²) in [5.74, 6) is -0.307. The Kier molecular flexibility index (Phi) is 3.55. The van der Waals surface area contributed by atoms with Crippen LogP contribution in [0.25, 0.3) is 11.1 Å². The van der Waals surface area contributed by atoms with E-state index in [1.807, 2.05) is 20.2 Å². The summed E-state index contributed by atoms with van der Waals surface area (Å²) in [7, 11) is 3.41. The third-order valence-electron chi connectivity index (χ3n) is 2.98. The van der Waals surface area contributed by atoms with E-state index in [2.05, 4.69) is 5.10 Å². The highest BCUT2D eigenvalue weighted by Crippen LogP contribution is 2.33. The fraction of sp³-hybridized carbons (Fsp3) is 0.286. The second-order valence-electron chi connectivity index (χ2n) is 4.24. The fourth-order valence-electron chi connectivity index (χ4n) is 2.07. The van der Waals surface area contributed by atoms with Crippen molar-refractivity contribution in [3.8, 4) is 16.9 Å². The van der Waals surface area contributed by atoms with Crippen LogP contribution in [0.15, 0.2) is 24.4 Å². The van der Waals surface area contributed by atoms with E-state index < -0.39 is 5.97 Å². The Balaban J connectivity index is 2.64. The molecule has 5 heteroatoms. The molecule has 1 heterocycles. The van der Waals surface area contributed by atoms with E-state index in [9.17, 15) is 4.79 Å². The Bertz CT molecular complexity index is 617. The third kappa shape index (κ3) is 2.45. The zero-order valence-corrected chi connectivity index (χ0v) is 11.2. The van der Waals surface area contributed by atoms with Crippen molar-refractivity contribution in [1.29, 1.82) is 0 Å². The van der Waals surface area contributed by atoms with Crippen molar-refractivity contribution in [2.75, 3.05) is 7.11 Å². The van der Waals surface area contributed by atoms with Crippen LogP contribution in [0.2, 0.25) is 0 Å². The van der Waals surface area contributed by atoms with E-state index in [1.165, 1.54) is 6.07 Å². The number of carboxylic acid groups (broad SMARTS) is 1. The summed E-state index contributed by atoms with van der Waals surface area (Å²) in [6.45, 7) is 2.01. The lowest BCUT2D eigenvalue weighted by Gasteiger charge is -2.09. The van der Waals surface area contributed by atoms with Gasteiger partial charge < -0.3 is 9.84 Å². The van der Waals surface area contributed by atoms with Crippen LogP contribution in [0, 0.1) is 0 Å². The summed E-state index contributed by atoms with van der Waals surface area (Å²) >= 11 is 0. The average Bonchev–Trinajstić information content (AvgIpc) is 2.78. The molecule has 0 radical (unpaired) electrons. The summed E-state index contributed by atoms with van der Waals surface area (Å²) in [6.07, 6.45) is 2.65. The molecule has 0 fully saturated rings. The van der Waals surface area contributed by atoms with Gasteiger partial charge in [0.15, 0.2) is 0 Å². The maximum absolute atomic E-state index is 11.1. The summed E-state index contributed by atoms with van der Waals surface area (Å²) in [6, 6.07) is 4.83. The summed E-state index contributed by atoms with van der Waals surface area (Å²) in [5.41, 5.74) is 2.82. The predicted octanol–water partition coefficient (Wildman–Crippen LogP) is 2.36. The number of nitrogens with zero attached hydrogens (tertiary/aromatic N) is 2. The molecule has 1 N–H and O–H groups in total. The zero-order chi connectivity index (χ0) is 14.0. The predicted molar refractivity (Wildman–Crippen MR) is 71.5 cm³/mol. The van der Waals surface area contributed by atoms with Crippen molar-refractivity contribution in [3.63, 3.8) is 0 Å². The molecule has 5 nitrogen and oxygen atoms in total. The van der Waals surface area contributed by atoms with Gasteiger partial charge in [0.05, 0.1) is 18.4 Å².